The quantitative estimate of drug-likeness (QED) is 0.469. The zero-order valence-electron chi connectivity index (χ0n) is 17.2. The summed E-state index contributed by atoms with van der Waals surface area (Å²) in [5.41, 5.74) is 7.91. The molecule has 1 amide bonds. The third-order valence-corrected chi connectivity index (χ3v) is 8.24. The first-order valence-electron chi connectivity index (χ1n) is 10.3. The molecule has 0 atom stereocenters. The molecule has 162 valence electrons. The van der Waals surface area contributed by atoms with Crippen LogP contribution >= 0.6 is 11.3 Å². The number of aromatic nitrogens is 2. The van der Waals surface area contributed by atoms with E-state index in [4.69, 9.17) is 0 Å². The molecule has 10 heteroatoms. The average Bonchev–Trinajstić information content (AvgIpc) is 3.65. The summed E-state index contributed by atoms with van der Waals surface area (Å²) in [4.78, 5) is 23.7. The van der Waals surface area contributed by atoms with Gasteiger partial charge in [0.2, 0.25) is 10.0 Å². The number of nitrogens with one attached hydrogen (secondary N) is 3. The number of nitrogens with zero attached hydrogens (tertiary/aromatic N) is 2. The lowest BCUT2D eigenvalue weighted by Gasteiger charge is -2.10. The Hall–Kier alpha value is -2.56. The maximum Gasteiger partial charge on any atom is 0.280 e. The number of fused-ring (bicyclic) bond motifs is 1. The second-order valence-electron chi connectivity index (χ2n) is 8.18. The number of thiophene rings is 1. The number of benzene rings is 1. The van der Waals surface area contributed by atoms with Crippen molar-refractivity contribution < 1.29 is 13.2 Å². The van der Waals surface area contributed by atoms with Gasteiger partial charge >= 0.3 is 0 Å². The summed E-state index contributed by atoms with van der Waals surface area (Å²) in [5, 5.41) is 0.942. The van der Waals surface area contributed by atoms with E-state index in [-0.39, 0.29) is 16.8 Å². The standard InChI is InChI=1S/C21H23N5O3S2/c1-11-17-12(2)22-19(13-3-4-13)23-21(17)30-18(11)20(27)25-24-14-7-9-16(10-8-14)31(28,29)26-15-5-6-15/h7-10,13,15,24,26H,3-6H2,1-2H3,(H,25,27). The van der Waals surface area contributed by atoms with Gasteiger partial charge in [-0.1, -0.05) is 0 Å². The van der Waals surface area contributed by atoms with Gasteiger partial charge in [-0.05, 0) is 69.4 Å². The van der Waals surface area contributed by atoms with Gasteiger partial charge in [0.15, 0.2) is 0 Å². The van der Waals surface area contributed by atoms with Crippen LogP contribution in [-0.4, -0.2) is 30.3 Å². The van der Waals surface area contributed by atoms with Crippen molar-refractivity contribution in [3.63, 3.8) is 0 Å². The van der Waals surface area contributed by atoms with Crippen LogP contribution in [0, 0.1) is 13.8 Å². The number of carbonyl (C=O) groups excluding carboxylic acids is 1. The zero-order chi connectivity index (χ0) is 21.8. The highest BCUT2D eigenvalue weighted by Crippen LogP contribution is 2.40. The molecule has 0 saturated heterocycles. The van der Waals surface area contributed by atoms with E-state index in [2.05, 4.69) is 25.5 Å². The topological polar surface area (TPSA) is 113 Å². The second-order valence-corrected chi connectivity index (χ2v) is 10.9. The van der Waals surface area contributed by atoms with Gasteiger partial charge in [-0.3, -0.25) is 15.6 Å². The molecule has 5 rings (SSSR count). The highest BCUT2D eigenvalue weighted by molar-refractivity contribution is 7.89. The Labute approximate surface area is 184 Å². The van der Waals surface area contributed by atoms with Crippen molar-refractivity contribution in [1.29, 1.82) is 0 Å². The van der Waals surface area contributed by atoms with Gasteiger partial charge in [-0.25, -0.2) is 23.1 Å². The summed E-state index contributed by atoms with van der Waals surface area (Å²) in [6.07, 6.45) is 4.02. The molecule has 2 aliphatic rings. The van der Waals surface area contributed by atoms with Gasteiger partial charge in [0.25, 0.3) is 5.91 Å². The van der Waals surface area contributed by atoms with E-state index in [1.165, 1.54) is 23.5 Å². The minimum Gasteiger partial charge on any atom is -0.298 e. The Morgan fingerprint density at radius 2 is 1.77 bits per heavy atom. The molecule has 0 radical (unpaired) electrons. The number of anilines is 1. The average molecular weight is 458 g/mol. The molecule has 2 heterocycles. The summed E-state index contributed by atoms with van der Waals surface area (Å²) >= 11 is 1.37. The van der Waals surface area contributed by atoms with Crippen LogP contribution in [0.5, 0.6) is 0 Å². The van der Waals surface area contributed by atoms with Gasteiger partial charge in [-0.2, -0.15) is 0 Å². The summed E-state index contributed by atoms with van der Waals surface area (Å²) in [6.45, 7) is 3.87. The first-order valence-corrected chi connectivity index (χ1v) is 12.6. The van der Waals surface area contributed by atoms with Crippen molar-refractivity contribution in [1.82, 2.24) is 20.1 Å². The number of rotatable bonds is 7. The molecule has 8 nitrogen and oxygen atoms in total. The third kappa shape index (κ3) is 4.15. The monoisotopic (exact) mass is 457 g/mol. The Morgan fingerprint density at radius 3 is 2.42 bits per heavy atom. The normalized spacial score (nSPS) is 16.5. The molecule has 2 aromatic heterocycles. The maximum absolute atomic E-state index is 12.8. The summed E-state index contributed by atoms with van der Waals surface area (Å²) < 4.78 is 27.2. The number of sulfonamides is 1. The zero-order valence-corrected chi connectivity index (χ0v) is 18.9. The fourth-order valence-electron chi connectivity index (χ4n) is 3.49. The van der Waals surface area contributed by atoms with Crippen molar-refractivity contribution in [3.8, 4) is 0 Å². The molecule has 2 fully saturated rings. The number of hydrogen-bond acceptors (Lipinski definition) is 7. The summed E-state index contributed by atoms with van der Waals surface area (Å²) in [7, 11) is -3.49. The SMILES string of the molecule is Cc1nc(C2CC2)nc2sc(C(=O)NNc3ccc(S(=O)(=O)NC4CC4)cc3)c(C)c12. The van der Waals surface area contributed by atoms with E-state index in [1.807, 2.05) is 13.8 Å². The van der Waals surface area contributed by atoms with Gasteiger partial charge in [0.1, 0.15) is 10.7 Å². The number of carbonyl (C=O) groups is 1. The number of hydrogen-bond donors (Lipinski definition) is 3. The minimum atomic E-state index is -3.49. The Bertz CT molecular complexity index is 1280. The fourth-order valence-corrected chi connectivity index (χ4v) is 5.93. The summed E-state index contributed by atoms with van der Waals surface area (Å²) in [5.74, 6) is 1.07. The number of hydrazine groups is 1. The highest BCUT2D eigenvalue weighted by Gasteiger charge is 2.29. The van der Waals surface area contributed by atoms with Crippen molar-refractivity contribution in [3.05, 3.63) is 46.2 Å². The number of amides is 1. The Balaban J connectivity index is 1.29. The predicted octanol–water partition coefficient (Wildman–Crippen LogP) is 3.38. The Morgan fingerprint density at radius 1 is 1.06 bits per heavy atom. The van der Waals surface area contributed by atoms with Crippen molar-refractivity contribution in [2.75, 3.05) is 5.43 Å². The maximum atomic E-state index is 12.8. The molecule has 1 aromatic carbocycles. The number of aryl methyl sites for hydroxylation is 2. The third-order valence-electron chi connectivity index (χ3n) is 5.52. The summed E-state index contributed by atoms with van der Waals surface area (Å²) in [6, 6.07) is 6.33. The molecule has 0 bridgehead atoms. The van der Waals surface area contributed by atoms with E-state index < -0.39 is 10.0 Å². The molecular weight excluding hydrogens is 434 g/mol. The van der Waals surface area contributed by atoms with Crippen LogP contribution in [0.15, 0.2) is 29.2 Å². The molecule has 2 saturated carbocycles. The lowest BCUT2D eigenvalue weighted by molar-refractivity contribution is 0.0966. The van der Waals surface area contributed by atoms with Crippen molar-refractivity contribution >= 4 is 43.2 Å². The van der Waals surface area contributed by atoms with Crippen LogP contribution in [0.4, 0.5) is 5.69 Å². The van der Waals surface area contributed by atoms with Gasteiger partial charge in [-0.15, -0.1) is 11.3 Å². The minimum absolute atomic E-state index is 0.0559. The van der Waals surface area contributed by atoms with Crippen LogP contribution in [0.2, 0.25) is 0 Å². The predicted molar refractivity (Wildman–Crippen MR) is 120 cm³/mol. The van der Waals surface area contributed by atoms with E-state index in [9.17, 15) is 13.2 Å². The molecule has 3 N–H and O–H groups in total. The Kier molecular flexibility index (Phi) is 4.95. The van der Waals surface area contributed by atoms with Crippen LogP contribution in [0.1, 0.15) is 58.4 Å². The van der Waals surface area contributed by atoms with Crippen molar-refractivity contribution in [2.45, 2.75) is 56.4 Å². The van der Waals surface area contributed by atoms with E-state index >= 15 is 0 Å². The van der Waals surface area contributed by atoms with Gasteiger partial charge in [0, 0.05) is 17.3 Å². The van der Waals surface area contributed by atoms with E-state index in [0.717, 1.165) is 53.0 Å². The van der Waals surface area contributed by atoms with E-state index in [1.54, 1.807) is 12.1 Å². The lowest BCUT2D eigenvalue weighted by atomic mass is 10.1. The highest BCUT2D eigenvalue weighted by atomic mass is 32.2. The first-order chi connectivity index (χ1) is 14.8. The molecule has 3 aromatic rings. The van der Waals surface area contributed by atoms with Crippen LogP contribution in [-0.2, 0) is 10.0 Å². The van der Waals surface area contributed by atoms with Gasteiger partial charge in [0.05, 0.1) is 21.2 Å². The van der Waals surface area contributed by atoms with Crippen molar-refractivity contribution in [2.24, 2.45) is 0 Å². The largest absolute Gasteiger partial charge is 0.298 e. The van der Waals surface area contributed by atoms with Crippen LogP contribution < -0.4 is 15.6 Å². The fraction of sp³-hybridized carbons (Fsp3) is 0.381. The molecule has 31 heavy (non-hydrogen) atoms. The molecule has 0 unspecified atom stereocenters. The van der Waals surface area contributed by atoms with Crippen LogP contribution in [0.3, 0.4) is 0 Å². The smallest absolute Gasteiger partial charge is 0.280 e. The molecule has 0 spiro atoms. The van der Waals surface area contributed by atoms with Crippen LogP contribution in [0.25, 0.3) is 10.2 Å². The molecule has 2 aliphatic carbocycles. The lowest BCUT2D eigenvalue weighted by Crippen LogP contribution is -2.29. The molecule has 0 aliphatic heterocycles. The molecular formula is C21H23N5O3S2. The second kappa shape index (κ2) is 7.54. The van der Waals surface area contributed by atoms with Gasteiger partial charge < -0.3 is 0 Å². The van der Waals surface area contributed by atoms with E-state index in [0.29, 0.717) is 16.5 Å². The first kappa shape index (κ1) is 20.3.